The summed E-state index contributed by atoms with van der Waals surface area (Å²) in [4.78, 5) is 24.4. The Morgan fingerprint density at radius 3 is 2.60 bits per heavy atom. The first kappa shape index (κ1) is 14.4. The number of rotatable bonds is 3. The van der Waals surface area contributed by atoms with Gasteiger partial charge in [0, 0.05) is 19.2 Å². The Morgan fingerprint density at radius 1 is 1.50 bits per heavy atom. The average molecular weight is 282 g/mol. The van der Waals surface area contributed by atoms with Crippen molar-refractivity contribution >= 4 is 12.1 Å². The minimum absolute atomic E-state index is 0.0984. The molecular formula is C13H18N2O5. The minimum Gasteiger partial charge on any atom is -0.481 e. The smallest absolute Gasteiger partial charge is 0.410 e. The van der Waals surface area contributed by atoms with Crippen molar-refractivity contribution in [2.45, 2.75) is 38.2 Å². The van der Waals surface area contributed by atoms with Gasteiger partial charge in [-0.05, 0) is 20.8 Å². The molecule has 2 heterocycles. The molecule has 1 aliphatic heterocycles. The zero-order valence-corrected chi connectivity index (χ0v) is 11.8. The number of carboxylic acids is 1. The highest BCUT2D eigenvalue weighted by Gasteiger charge is 2.50. The largest absolute Gasteiger partial charge is 0.481 e. The number of likely N-dealkylation sites (tertiary alicyclic amines) is 1. The quantitative estimate of drug-likeness (QED) is 0.905. The Kier molecular flexibility index (Phi) is 3.45. The topological polar surface area (TPSA) is 92.9 Å². The van der Waals surface area contributed by atoms with Crippen LogP contribution in [0.15, 0.2) is 16.9 Å². The Morgan fingerprint density at radius 2 is 2.15 bits per heavy atom. The fraction of sp³-hybridized carbons (Fsp3) is 0.615. The van der Waals surface area contributed by atoms with Gasteiger partial charge in [-0.2, -0.15) is 0 Å². The lowest BCUT2D eigenvalue weighted by Gasteiger charge is -2.48. The minimum atomic E-state index is -0.933. The predicted octanol–water partition coefficient (Wildman–Crippen LogP) is 1.64. The maximum Gasteiger partial charge on any atom is 0.410 e. The third-order valence-corrected chi connectivity index (χ3v) is 3.11. The molecule has 0 bridgehead atoms. The summed E-state index contributed by atoms with van der Waals surface area (Å²) in [6.07, 6.45) is 0.857. The maximum absolute atomic E-state index is 11.9. The van der Waals surface area contributed by atoms with Gasteiger partial charge in [-0.15, -0.1) is 0 Å². The van der Waals surface area contributed by atoms with Gasteiger partial charge in [0.15, 0.2) is 0 Å². The zero-order chi connectivity index (χ0) is 15.0. The molecule has 1 N–H and O–H groups in total. The molecule has 0 aromatic carbocycles. The van der Waals surface area contributed by atoms with Crippen LogP contribution < -0.4 is 0 Å². The number of hydrogen-bond acceptors (Lipinski definition) is 5. The molecule has 0 atom stereocenters. The van der Waals surface area contributed by atoms with E-state index in [4.69, 9.17) is 14.4 Å². The average Bonchev–Trinajstić information content (AvgIpc) is 2.72. The van der Waals surface area contributed by atoms with Crippen molar-refractivity contribution in [2.24, 2.45) is 0 Å². The molecule has 7 heteroatoms. The van der Waals surface area contributed by atoms with Gasteiger partial charge in [-0.3, -0.25) is 4.79 Å². The third-order valence-electron chi connectivity index (χ3n) is 3.11. The number of ether oxygens (including phenoxy) is 1. The highest BCUT2D eigenvalue weighted by Crippen LogP contribution is 2.37. The van der Waals surface area contributed by atoms with Crippen LogP contribution in [-0.4, -0.2) is 45.9 Å². The molecule has 110 valence electrons. The number of nitrogens with zero attached hydrogens (tertiary/aromatic N) is 2. The summed E-state index contributed by atoms with van der Waals surface area (Å²) in [5.41, 5.74) is -0.703. The maximum atomic E-state index is 11.9. The second-order valence-corrected chi connectivity index (χ2v) is 6.07. The Labute approximate surface area is 116 Å². The summed E-state index contributed by atoms with van der Waals surface area (Å²) in [6, 6.07) is 1.63. The molecule has 20 heavy (non-hydrogen) atoms. The van der Waals surface area contributed by atoms with Crippen LogP contribution in [0.2, 0.25) is 0 Å². The van der Waals surface area contributed by atoms with Crippen LogP contribution in [0.3, 0.4) is 0 Å². The van der Waals surface area contributed by atoms with Gasteiger partial charge in [-0.25, -0.2) is 4.79 Å². The Bertz CT molecular complexity index is 497. The van der Waals surface area contributed by atoms with Gasteiger partial charge in [-0.1, -0.05) is 5.16 Å². The first-order valence-corrected chi connectivity index (χ1v) is 6.32. The fourth-order valence-electron chi connectivity index (χ4n) is 2.28. The molecule has 7 nitrogen and oxygen atoms in total. The molecule has 0 spiro atoms. The van der Waals surface area contributed by atoms with Crippen LogP contribution in [0.1, 0.15) is 32.9 Å². The number of amides is 1. The second-order valence-electron chi connectivity index (χ2n) is 6.07. The third kappa shape index (κ3) is 2.92. The van der Waals surface area contributed by atoms with Crippen molar-refractivity contribution in [3.05, 3.63) is 18.0 Å². The number of aliphatic carboxylic acids is 1. The summed E-state index contributed by atoms with van der Waals surface area (Å²) in [5.74, 6) is -0.933. The van der Waals surface area contributed by atoms with Gasteiger partial charge in [0.2, 0.25) is 0 Å². The van der Waals surface area contributed by atoms with Crippen molar-refractivity contribution < 1.29 is 24.0 Å². The van der Waals surface area contributed by atoms with Crippen LogP contribution in [0, 0.1) is 0 Å². The van der Waals surface area contributed by atoms with E-state index >= 15 is 0 Å². The van der Waals surface area contributed by atoms with Crippen molar-refractivity contribution in [3.8, 4) is 0 Å². The van der Waals surface area contributed by atoms with Crippen molar-refractivity contribution in [2.75, 3.05) is 13.1 Å². The van der Waals surface area contributed by atoms with E-state index < -0.39 is 23.1 Å². The first-order chi connectivity index (χ1) is 9.22. The normalized spacial score (nSPS) is 17.4. The Hall–Kier alpha value is -2.05. The number of hydrogen-bond donors (Lipinski definition) is 1. The number of aromatic nitrogens is 1. The van der Waals surface area contributed by atoms with Crippen molar-refractivity contribution in [1.29, 1.82) is 0 Å². The molecule has 2 rings (SSSR count). The molecule has 1 amide bonds. The highest BCUT2D eigenvalue weighted by molar-refractivity contribution is 5.73. The molecule has 1 aromatic heterocycles. The van der Waals surface area contributed by atoms with Gasteiger partial charge in [0.1, 0.15) is 11.9 Å². The van der Waals surface area contributed by atoms with Crippen LogP contribution in [-0.2, 0) is 14.9 Å². The molecule has 1 saturated heterocycles. The van der Waals surface area contributed by atoms with Crippen molar-refractivity contribution in [1.82, 2.24) is 10.1 Å². The number of carbonyl (C=O) groups excluding carboxylic acids is 1. The standard InChI is InChI=1S/C13H18N2O5/c1-12(2,3)20-11(18)15-7-13(8-15,6-10(16)17)9-4-5-19-14-9/h4-5H,6-8H2,1-3H3,(H,16,17). The SMILES string of the molecule is CC(C)(C)OC(=O)N1CC(CC(=O)O)(c2ccon2)C1. The highest BCUT2D eigenvalue weighted by atomic mass is 16.6. The molecule has 1 fully saturated rings. The van der Waals surface area contributed by atoms with Crippen molar-refractivity contribution in [3.63, 3.8) is 0 Å². The van der Waals surface area contributed by atoms with Gasteiger partial charge >= 0.3 is 12.1 Å². The molecule has 0 unspecified atom stereocenters. The monoisotopic (exact) mass is 282 g/mol. The lowest BCUT2D eigenvalue weighted by atomic mass is 9.74. The van der Waals surface area contributed by atoms with E-state index in [1.807, 2.05) is 0 Å². The van der Waals surface area contributed by atoms with Crippen LogP contribution in [0.25, 0.3) is 0 Å². The lowest BCUT2D eigenvalue weighted by Crippen LogP contribution is -2.62. The number of carboxylic acid groups (broad SMARTS) is 1. The lowest BCUT2D eigenvalue weighted by molar-refractivity contribution is -0.140. The first-order valence-electron chi connectivity index (χ1n) is 6.32. The summed E-state index contributed by atoms with van der Waals surface area (Å²) in [7, 11) is 0. The van der Waals surface area contributed by atoms with Crippen LogP contribution in [0.4, 0.5) is 4.79 Å². The Balaban J connectivity index is 2.06. The summed E-state index contributed by atoms with van der Waals surface area (Å²) in [5, 5.41) is 12.8. The summed E-state index contributed by atoms with van der Waals surface area (Å²) < 4.78 is 10.0. The van der Waals surface area contributed by atoms with Gasteiger partial charge in [0.25, 0.3) is 0 Å². The van der Waals surface area contributed by atoms with E-state index in [2.05, 4.69) is 5.16 Å². The fourth-order valence-corrected chi connectivity index (χ4v) is 2.28. The van der Waals surface area contributed by atoms with E-state index in [0.717, 1.165) is 0 Å². The molecule has 1 aromatic rings. The van der Waals surface area contributed by atoms with Crippen LogP contribution >= 0.6 is 0 Å². The van der Waals surface area contributed by atoms with E-state index in [-0.39, 0.29) is 19.5 Å². The van der Waals surface area contributed by atoms with Crippen LogP contribution in [0.5, 0.6) is 0 Å². The molecule has 1 aliphatic rings. The molecule has 0 aliphatic carbocycles. The van der Waals surface area contributed by atoms with E-state index in [1.54, 1.807) is 26.8 Å². The number of carbonyl (C=O) groups is 2. The predicted molar refractivity (Wildman–Crippen MR) is 68.2 cm³/mol. The molecular weight excluding hydrogens is 264 g/mol. The van der Waals surface area contributed by atoms with E-state index in [1.165, 1.54) is 11.2 Å². The summed E-state index contributed by atoms with van der Waals surface area (Å²) >= 11 is 0. The van der Waals surface area contributed by atoms with Gasteiger partial charge < -0.3 is 19.3 Å². The van der Waals surface area contributed by atoms with E-state index in [9.17, 15) is 9.59 Å². The zero-order valence-electron chi connectivity index (χ0n) is 11.8. The van der Waals surface area contributed by atoms with E-state index in [0.29, 0.717) is 5.69 Å². The second kappa shape index (κ2) is 4.81. The molecule has 0 radical (unpaired) electrons. The summed E-state index contributed by atoms with van der Waals surface area (Å²) in [6.45, 7) is 5.88. The van der Waals surface area contributed by atoms with Gasteiger partial charge in [0.05, 0.1) is 17.5 Å². The molecule has 0 saturated carbocycles.